The van der Waals surface area contributed by atoms with E-state index in [0.717, 1.165) is 6.54 Å². The lowest BCUT2D eigenvalue weighted by atomic mass is 10.4. The number of ether oxygens (including phenoxy) is 2. The fourth-order valence-corrected chi connectivity index (χ4v) is 0.959. The van der Waals surface area contributed by atoms with Gasteiger partial charge in [-0.25, -0.2) is 0 Å². The number of carbonyl (C=O) groups excluding carboxylic acids is 1. The highest BCUT2D eigenvalue weighted by Crippen LogP contribution is 1.80. The summed E-state index contributed by atoms with van der Waals surface area (Å²) in [7, 11) is 1.85. The minimum Gasteiger partial charge on any atom is -0.481 e. The summed E-state index contributed by atoms with van der Waals surface area (Å²) in [4.78, 5) is 21.0. The molecule has 0 aromatic heterocycles. The van der Waals surface area contributed by atoms with Crippen molar-refractivity contribution in [3.8, 4) is 0 Å². The molecule has 0 aromatic rings. The molecule has 0 saturated carbocycles. The molecule has 100 valence electrons. The third kappa shape index (κ3) is 12.8. The normalized spacial score (nSPS) is 10.2. The van der Waals surface area contributed by atoms with Crippen molar-refractivity contribution in [3.63, 3.8) is 0 Å². The molecule has 0 heterocycles. The summed E-state index contributed by atoms with van der Waals surface area (Å²) in [5.74, 6) is -1.65. The van der Waals surface area contributed by atoms with Gasteiger partial charge >= 0.3 is 5.97 Å². The number of carbonyl (C=O) groups is 2. The molecule has 0 unspecified atom stereocenters. The summed E-state index contributed by atoms with van der Waals surface area (Å²) >= 11 is 0. The maximum absolute atomic E-state index is 10.9. The van der Waals surface area contributed by atoms with E-state index >= 15 is 0 Å². The number of hydrogen-bond donors (Lipinski definition) is 3. The fourth-order valence-electron chi connectivity index (χ4n) is 0.959. The molecule has 3 N–H and O–H groups in total. The summed E-state index contributed by atoms with van der Waals surface area (Å²) in [6.45, 7) is 3.05. The van der Waals surface area contributed by atoms with Gasteiger partial charge in [0.1, 0.15) is 6.42 Å². The van der Waals surface area contributed by atoms with E-state index in [0.29, 0.717) is 33.0 Å². The number of nitrogens with one attached hydrogen (secondary N) is 2. The Morgan fingerprint density at radius 3 is 2.18 bits per heavy atom. The molecule has 0 radical (unpaired) electrons. The molecule has 0 spiro atoms. The maximum Gasteiger partial charge on any atom is 0.312 e. The van der Waals surface area contributed by atoms with Gasteiger partial charge in [0.15, 0.2) is 0 Å². The molecule has 0 fully saturated rings. The fraction of sp³-hybridized carbons (Fsp3) is 0.800. The first kappa shape index (κ1) is 15.8. The van der Waals surface area contributed by atoms with Gasteiger partial charge in [0.05, 0.1) is 26.4 Å². The quantitative estimate of drug-likeness (QED) is 0.315. The van der Waals surface area contributed by atoms with Gasteiger partial charge < -0.3 is 25.2 Å². The highest BCUT2D eigenvalue weighted by Gasteiger charge is 2.05. The predicted octanol–water partition coefficient (Wildman–Crippen LogP) is -1.17. The summed E-state index contributed by atoms with van der Waals surface area (Å²) < 4.78 is 10.4. The molecule has 7 heteroatoms. The second kappa shape index (κ2) is 11.3. The first-order valence-corrected chi connectivity index (χ1v) is 5.45. The zero-order valence-electron chi connectivity index (χ0n) is 10.0. The number of rotatable bonds is 11. The van der Waals surface area contributed by atoms with Crippen LogP contribution in [0.2, 0.25) is 0 Å². The third-order valence-corrected chi connectivity index (χ3v) is 1.75. The van der Waals surface area contributed by atoms with Crippen molar-refractivity contribution < 1.29 is 24.2 Å². The molecule has 7 nitrogen and oxygen atoms in total. The second-order valence-corrected chi connectivity index (χ2v) is 3.25. The van der Waals surface area contributed by atoms with Gasteiger partial charge in [0.25, 0.3) is 0 Å². The van der Waals surface area contributed by atoms with Crippen molar-refractivity contribution in [2.45, 2.75) is 6.42 Å². The first-order chi connectivity index (χ1) is 8.16. The number of likely N-dealkylation sites (N-methyl/N-ethyl adjacent to an activating group) is 1. The first-order valence-electron chi connectivity index (χ1n) is 5.45. The van der Waals surface area contributed by atoms with Gasteiger partial charge in [-0.1, -0.05) is 0 Å². The molecule has 17 heavy (non-hydrogen) atoms. The van der Waals surface area contributed by atoms with Crippen LogP contribution >= 0.6 is 0 Å². The lowest BCUT2D eigenvalue weighted by molar-refractivity contribution is -0.140. The Morgan fingerprint density at radius 1 is 1.06 bits per heavy atom. The largest absolute Gasteiger partial charge is 0.481 e. The lowest BCUT2D eigenvalue weighted by Crippen LogP contribution is -2.29. The van der Waals surface area contributed by atoms with Crippen LogP contribution in [-0.2, 0) is 19.1 Å². The van der Waals surface area contributed by atoms with Crippen molar-refractivity contribution >= 4 is 11.9 Å². The van der Waals surface area contributed by atoms with E-state index in [1.807, 2.05) is 7.05 Å². The van der Waals surface area contributed by atoms with E-state index in [1.54, 1.807) is 0 Å². The van der Waals surface area contributed by atoms with Crippen molar-refractivity contribution in [2.75, 3.05) is 46.6 Å². The van der Waals surface area contributed by atoms with E-state index in [-0.39, 0.29) is 0 Å². The van der Waals surface area contributed by atoms with Crippen LogP contribution < -0.4 is 10.6 Å². The zero-order chi connectivity index (χ0) is 12.9. The van der Waals surface area contributed by atoms with Gasteiger partial charge in [-0.15, -0.1) is 0 Å². The highest BCUT2D eigenvalue weighted by molar-refractivity contribution is 5.93. The van der Waals surface area contributed by atoms with Gasteiger partial charge in [-0.3, -0.25) is 9.59 Å². The summed E-state index contributed by atoms with van der Waals surface area (Å²) in [6, 6.07) is 0. The van der Waals surface area contributed by atoms with Gasteiger partial charge in [0, 0.05) is 13.1 Å². The van der Waals surface area contributed by atoms with Crippen LogP contribution in [0.4, 0.5) is 0 Å². The van der Waals surface area contributed by atoms with Gasteiger partial charge in [-0.2, -0.15) is 0 Å². The summed E-state index contributed by atoms with van der Waals surface area (Å²) in [5, 5.41) is 13.7. The van der Waals surface area contributed by atoms with E-state index < -0.39 is 18.3 Å². The molecular formula is C10H20N2O5. The van der Waals surface area contributed by atoms with Crippen molar-refractivity contribution in [3.05, 3.63) is 0 Å². The van der Waals surface area contributed by atoms with E-state index in [9.17, 15) is 9.59 Å². The Hall–Kier alpha value is -1.18. The number of carboxylic acid groups (broad SMARTS) is 1. The Labute approximate surface area is 100 Å². The number of aliphatic carboxylic acids is 1. The van der Waals surface area contributed by atoms with Crippen molar-refractivity contribution in [2.24, 2.45) is 0 Å². The predicted molar refractivity (Wildman–Crippen MR) is 60.8 cm³/mol. The zero-order valence-corrected chi connectivity index (χ0v) is 10.0. The number of amides is 1. The Kier molecular flexibility index (Phi) is 10.5. The SMILES string of the molecule is CNCCOCCOCCNC(=O)CC(=O)O. The van der Waals surface area contributed by atoms with Crippen LogP contribution in [-0.4, -0.2) is 63.5 Å². The van der Waals surface area contributed by atoms with Crippen LogP contribution in [0, 0.1) is 0 Å². The van der Waals surface area contributed by atoms with E-state index in [2.05, 4.69) is 10.6 Å². The lowest BCUT2D eigenvalue weighted by Gasteiger charge is -2.06. The average Bonchev–Trinajstić information content (AvgIpc) is 2.26. The Balaban J connectivity index is 3.13. The van der Waals surface area contributed by atoms with Crippen LogP contribution in [0.15, 0.2) is 0 Å². The topological polar surface area (TPSA) is 96.9 Å². The molecule has 0 bridgehead atoms. The third-order valence-electron chi connectivity index (χ3n) is 1.75. The standard InChI is InChI=1S/C10H20N2O5/c1-11-2-4-16-6-7-17-5-3-12-9(13)8-10(14)15/h11H,2-8H2,1H3,(H,12,13)(H,14,15). The molecule has 0 rings (SSSR count). The van der Waals surface area contributed by atoms with Crippen LogP contribution in [0.5, 0.6) is 0 Å². The van der Waals surface area contributed by atoms with Crippen LogP contribution in [0.1, 0.15) is 6.42 Å². The molecular weight excluding hydrogens is 228 g/mol. The number of carboxylic acids is 1. The van der Waals surface area contributed by atoms with Crippen molar-refractivity contribution in [1.29, 1.82) is 0 Å². The monoisotopic (exact) mass is 248 g/mol. The molecule has 0 aliphatic heterocycles. The Bertz CT molecular complexity index is 223. The molecule has 0 atom stereocenters. The van der Waals surface area contributed by atoms with Gasteiger partial charge in [0.2, 0.25) is 5.91 Å². The van der Waals surface area contributed by atoms with Gasteiger partial charge in [-0.05, 0) is 7.05 Å². The van der Waals surface area contributed by atoms with Crippen LogP contribution in [0.3, 0.4) is 0 Å². The maximum atomic E-state index is 10.9. The molecule has 0 saturated heterocycles. The van der Waals surface area contributed by atoms with Crippen molar-refractivity contribution in [1.82, 2.24) is 10.6 Å². The minimum atomic E-state index is -1.14. The van der Waals surface area contributed by atoms with E-state index in [4.69, 9.17) is 14.6 Å². The summed E-state index contributed by atoms with van der Waals surface area (Å²) in [6.07, 6.45) is -0.507. The smallest absolute Gasteiger partial charge is 0.312 e. The minimum absolute atomic E-state index is 0.308. The average molecular weight is 248 g/mol. The van der Waals surface area contributed by atoms with Crippen LogP contribution in [0.25, 0.3) is 0 Å². The molecule has 0 aromatic carbocycles. The Morgan fingerprint density at radius 2 is 1.65 bits per heavy atom. The summed E-state index contributed by atoms with van der Waals surface area (Å²) in [5.41, 5.74) is 0. The highest BCUT2D eigenvalue weighted by atomic mass is 16.5. The molecule has 0 aliphatic carbocycles. The molecule has 0 aliphatic rings. The van der Waals surface area contributed by atoms with E-state index in [1.165, 1.54) is 0 Å². The number of hydrogen-bond acceptors (Lipinski definition) is 5. The second-order valence-electron chi connectivity index (χ2n) is 3.25. The molecule has 1 amide bonds.